The number of para-hydroxylation sites is 2. The fraction of sp³-hybridized carbons (Fsp3) is 0.150. The molecule has 114 valence electrons. The lowest BCUT2D eigenvalue weighted by Gasteiger charge is -2.15. The minimum absolute atomic E-state index is 0.0911. The minimum atomic E-state index is 0.0911. The third-order valence-electron chi connectivity index (χ3n) is 4.45. The van der Waals surface area contributed by atoms with Crippen molar-refractivity contribution in [2.24, 2.45) is 0 Å². The van der Waals surface area contributed by atoms with E-state index in [1.807, 2.05) is 48.5 Å². The Labute approximate surface area is 134 Å². The SMILES string of the molecule is COc1ccccc1/C=C1\CCc2c([nH]c3ccccc23)C1=O. The Hall–Kier alpha value is -2.81. The molecule has 1 aliphatic carbocycles. The highest BCUT2D eigenvalue weighted by atomic mass is 16.5. The fourth-order valence-electron chi connectivity index (χ4n) is 3.30. The minimum Gasteiger partial charge on any atom is -0.496 e. The number of carbonyl (C=O) groups is 1. The van der Waals surface area contributed by atoms with Gasteiger partial charge in [0, 0.05) is 22.0 Å². The normalized spacial score (nSPS) is 15.9. The summed E-state index contributed by atoms with van der Waals surface area (Å²) < 4.78 is 5.38. The van der Waals surface area contributed by atoms with Gasteiger partial charge in [-0.15, -0.1) is 0 Å². The standard InChI is InChI=1S/C20H17NO2/c1-23-18-9-5-2-6-13(18)12-14-10-11-16-15-7-3-4-8-17(15)21-19(16)20(14)22/h2-9,12,21H,10-11H2,1H3/b14-12+. The van der Waals surface area contributed by atoms with Crippen molar-refractivity contribution in [2.45, 2.75) is 12.8 Å². The number of carbonyl (C=O) groups excluding carboxylic acids is 1. The first kappa shape index (κ1) is 13.8. The van der Waals surface area contributed by atoms with Crippen LogP contribution in [0.15, 0.2) is 54.1 Å². The quantitative estimate of drug-likeness (QED) is 0.713. The van der Waals surface area contributed by atoms with E-state index in [4.69, 9.17) is 4.74 Å². The Bertz CT molecular complexity index is 934. The molecule has 0 saturated heterocycles. The number of nitrogens with one attached hydrogen (secondary N) is 1. The third-order valence-corrected chi connectivity index (χ3v) is 4.45. The maximum absolute atomic E-state index is 12.9. The lowest BCUT2D eigenvalue weighted by atomic mass is 9.89. The number of ether oxygens (including phenoxy) is 1. The molecule has 0 atom stereocenters. The lowest BCUT2D eigenvalue weighted by molar-refractivity contribution is 0.102. The summed E-state index contributed by atoms with van der Waals surface area (Å²) in [6.07, 6.45) is 3.59. The number of rotatable bonds is 2. The number of ketones is 1. The highest BCUT2D eigenvalue weighted by Gasteiger charge is 2.25. The molecule has 0 fully saturated rings. The highest BCUT2D eigenvalue weighted by molar-refractivity contribution is 6.15. The van der Waals surface area contributed by atoms with Gasteiger partial charge < -0.3 is 9.72 Å². The van der Waals surface area contributed by atoms with Gasteiger partial charge in [0.05, 0.1) is 12.8 Å². The molecule has 1 aromatic heterocycles. The first-order chi connectivity index (χ1) is 11.3. The first-order valence-electron chi connectivity index (χ1n) is 7.76. The van der Waals surface area contributed by atoms with Crippen molar-refractivity contribution in [2.75, 3.05) is 7.11 Å². The molecule has 1 heterocycles. The average molecular weight is 303 g/mol. The fourth-order valence-corrected chi connectivity index (χ4v) is 3.30. The number of hydrogen-bond donors (Lipinski definition) is 1. The molecule has 1 aliphatic rings. The van der Waals surface area contributed by atoms with Gasteiger partial charge in [-0.05, 0) is 36.6 Å². The molecule has 0 saturated carbocycles. The number of fused-ring (bicyclic) bond motifs is 3. The van der Waals surface area contributed by atoms with Crippen molar-refractivity contribution >= 4 is 22.8 Å². The van der Waals surface area contributed by atoms with Crippen LogP contribution in [0.2, 0.25) is 0 Å². The number of allylic oxidation sites excluding steroid dienone is 1. The molecule has 3 nitrogen and oxygen atoms in total. The molecule has 0 radical (unpaired) electrons. The van der Waals surface area contributed by atoms with Crippen LogP contribution in [-0.4, -0.2) is 17.9 Å². The number of aromatic amines is 1. The Morgan fingerprint density at radius 3 is 2.70 bits per heavy atom. The van der Waals surface area contributed by atoms with Gasteiger partial charge in [-0.1, -0.05) is 36.4 Å². The summed E-state index contributed by atoms with van der Waals surface area (Å²) in [6.45, 7) is 0. The van der Waals surface area contributed by atoms with Crippen LogP contribution in [-0.2, 0) is 6.42 Å². The number of aromatic nitrogens is 1. The Morgan fingerprint density at radius 1 is 1.04 bits per heavy atom. The molecule has 0 unspecified atom stereocenters. The summed E-state index contributed by atoms with van der Waals surface area (Å²) in [5.41, 5.74) is 4.68. The van der Waals surface area contributed by atoms with Crippen molar-refractivity contribution < 1.29 is 9.53 Å². The summed E-state index contributed by atoms with van der Waals surface area (Å²) in [5.74, 6) is 0.878. The predicted molar refractivity (Wildman–Crippen MR) is 91.9 cm³/mol. The number of Topliss-reactive ketones (excluding diaryl/α,β-unsaturated/α-hetero) is 1. The van der Waals surface area contributed by atoms with Gasteiger partial charge in [0.2, 0.25) is 5.78 Å². The molecule has 0 amide bonds. The second kappa shape index (κ2) is 5.43. The molecule has 4 rings (SSSR count). The molecule has 0 spiro atoms. The zero-order valence-corrected chi connectivity index (χ0v) is 12.9. The van der Waals surface area contributed by atoms with Gasteiger partial charge >= 0.3 is 0 Å². The molecule has 1 N–H and O–H groups in total. The molecule has 23 heavy (non-hydrogen) atoms. The lowest BCUT2D eigenvalue weighted by Crippen LogP contribution is -2.13. The maximum Gasteiger partial charge on any atom is 0.205 e. The van der Waals surface area contributed by atoms with Crippen molar-refractivity contribution in [3.63, 3.8) is 0 Å². The topological polar surface area (TPSA) is 42.1 Å². The summed E-state index contributed by atoms with van der Waals surface area (Å²) in [7, 11) is 1.65. The van der Waals surface area contributed by atoms with E-state index in [1.165, 1.54) is 0 Å². The van der Waals surface area contributed by atoms with Crippen LogP contribution >= 0.6 is 0 Å². The van der Waals surface area contributed by atoms with Gasteiger partial charge in [0.25, 0.3) is 0 Å². The van der Waals surface area contributed by atoms with Crippen LogP contribution in [0.3, 0.4) is 0 Å². The summed E-state index contributed by atoms with van der Waals surface area (Å²) in [6, 6.07) is 15.9. The number of aryl methyl sites for hydroxylation is 1. The Balaban J connectivity index is 1.79. The van der Waals surface area contributed by atoms with Crippen LogP contribution in [0, 0.1) is 0 Å². The van der Waals surface area contributed by atoms with E-state index in [2.05, 4.69) is 11.1 Å². The Kier molecular flexibility index (Phi) is 3.27. The Morgan fingerprint density at radius 2 is 1.83 bits per heavy atom. The van der Waals surface area contributed by atoms with E-state index in [1.54, 1.807) is 7.11 Å². The van der Waals surface area contributed by atoms with E-state index in [0.29, 0.717) is 0 Å². The molecule has 3 heteroatoms. The van der Waals surface area contributed by atoms with Gasteiger partial charge in [-0.2, -0.15) is 0 Å². The smallest absolute Gasteiger partial charge is 0.205 e. The van der Waals surface area contributed by atoms with Gasteiger partial charge in [0.15, 0.2) is 0 Å². The van der Waals surface area contributed by atoms with E-state index in [-0.39, 0.29) is 5.78 Å². The summed E-state index contributed by atoms with van der Waals surface area (Å²) >= 11 is 0. The maximum atomic E-state index is 12.9. The second-order valence-electron chi connectivity index (χ2n) is 5.76. The van der Waals surface area contributed by atoms with Crippen molar-refractivity contribution in [1.82, 2.24) is 4.98 Å². The second-order valence-corrected chi connectivity index (χ2v) is 5.76. The number of hydrogen-bond acceptors (Lipinski definition) is 2. The average Bonchev–Trinajstić information content (AvgIpc) is 2.97. The van der Waals surface area contributed by atoms with Crippen LogP contribution < -0.4 is 4.74 Å². The summed E-state index contributed by atoms with van der Waals surface area (Å²) in [4.78, 5) is 16.1. The van der Waals surface area contributed by atoms with Crippen LogP contribution in [0.25, 0.3) is 17.0 Å². The molecule has 0 aliphatic heterocycles. The number of H-pyrrole nitrogens is 1. The summed E-state index contributed by atoms with van der Waals surface area (Å²) in [5, 5.41) is 1.16. The number of methoxy groups -OCH3 is 1. The van der Waals surface area contributed by atoms with Crippen LogP contribution in [0.1, 0.15) is 28.0 Å². The molecular formula is C20H17NO2. The van der Waals surface area contributed by atoms with Crippen LogP contribution in [0.4, 0.5) is 0 Å². The van der Waals surface area contributed by atoms with E-state index < -0.39 is 0 Å². The van der Waals surface area contributed by atoms with Crippen LogP contribution in [0.5, 0.6) is 5.75 Å². The van der Waals surface area contributed by atoms with Crippen molar-refractivity contribution in [1.29, 1.82) is 0 Å². The van der Waals surface area contributed by atoms with E-state index in [0.717, 1.165) is 51.9 Å². The zero-order chi connectivity index (χ0) is 15.8. The predicted octanol–water partition coefficient (Wildman–Crippen LogP) is 4.39. The van der Waals surface area contributed by atoms with Crippen molar-refractivity contribution in [3.8, 4) is 5.75 Å². The monoisotopic (exact) mass is 303 g/mol. The highest BCUT2D eigenvalue weighted by Crippen LogP contribution is 2.33. The van der Waals surface area contributed by atoms with Gasteiger partial charge in [-0.25, -0.2) is 0 Å². The number of benzene rings is 2. The van der Waals surface area contributed by atoms with Gasteiger partial charge in [-0.3, -0.25) is 4.79 Å². The molecule has 0 bridgehead atoms. The van der Waals surface area contributed by atoms with Crippen molar-refractivity contribution in [3.05, 3.63) is 70.9 Å². The zero-order valence-electron chi connectivity index (χ0n) is 12.9. The molecule has 3 aromatic rings. The largest absolute Gasteiger partial charge is 0.496 e. The van der Waals surface area contributed by atoms with E-state index >= 15 is 0 Å². The van der Waals surface area contributed by atoms with Gasteiger partial charge in [0.1, 0.15) is 5.75 Å². The third kappa shape index (κ3) is 2.25. The first-order valence-corrected chi connectivity index (χ1v) is 7.76. The molecular weight excluding hydrogens is 286 g/mol. The van der Waals surface area contributed by atoms with E-state index in [9.17, 15) is 4.79 Å². The molecule has 2 aromatic carbocycles.